The first-order valence-electron chi connectivity index (χ1n) is 9.41. The van der Waals surface area contributed by atoms with Gasteiger partial charge in [0.25, 0.3) is 5.91 Å². The number of hydrogen-bond acceptors (Lipinski definition) is 6. The second kappa shape index (κ2) is 7.30. The van der Waals surface area contributed by atoms with Gasteiger partial charge in [-0.3, -0.25) is 14.5 Å². The Morgan fingerprint density at radius 3 is 3.03 bits per heavy atom. The number of rotatable bonds is 4. The molecular formula is C21H18ClN5O2S. The van der Waals surface area contributed by atoms with Gasteiger partial charge in [0.05, 0.1) is 40.3 Å². The number of nitrogens with one attached hydrogen (secondary N) is 2. The average Bonchev–Trinajstić information content (AvgIpc) is 3.28. The van der Waals surface area contributed by atoms with Crippen LogP contribution in [0.25, 0.3) is 21.5 Å². The molecule has 1 aliphatic heterocycles. The highest BCUT2D eigenvalue weighted by Gasteiger charge is 2.29. The molecule has 5 rings (SSSR count). The number of para-hydroxylation sites is 1. The number of aryl methyl sites for hydroxylation is 1. The minimum absolute atomic E-state index is 0.170. The molecule has 1 amide bonds. The molecule has 0 unspecified atom stereocenters. The maximum atomic E-state index is 12.8. The lowest BCUT2D eigenvalue weighted by molar-refractivity contribution is 0.0925. The number of pyridine rings is 1. The van der Waals surface area contributed by atoms with Crippen LogP contribution >= 0.6 is 22.9 Å². The summed E-state index contributed by atoms with van der Waals surface area (Å²) in [5.74, 6) is 0.337. The lowest BCUT2D eigenvalue weighted by Crippen LogP contribution is -2.35. The van der Waals surface area contributed by atoms with E-state index in [0.717, 1.165) is 20.7 Å². The summed E-state index contributed by atoms with van der Waals surface area (Å²) in [4.78, 5) is 18.4. The quantitative estimate of drug-likeness (QED) is 0.485. The van der Waals surface area contributed by atoms with Crippen LogP contribution in [0, 0.1) is 6.92 Å². The van der Waals surface area contributed by atoms with Gasteiger partial charge >= 0.3 is 0 Å². The van der Waals surface area contributed by atoms with E-state index in [1.807, 2.05) is 18.2 Å². The molecule has 0 aliphatic carbocycles. The zero-order valence-electron chi connectivity index (χ0n) is 16.3. The smallest absolute Gasteiger partial charge is 0.271 e. The van der Waals surface area contributed by atoms with E-state index in [2.05, 4.69) is 28.6 Å². The third kappa shape index (κ3) is 3.00. The van der Waals surface area contributed by atoms with E-state index in [9.17, 15) is 4.79 Å². The van der Waals surface area contributed by atoms with Gasteiger partial charge < -0.3 is 15.4 Å². The maximum absolute atomic E-state index is 12.8. The van der Waals surface area contributed by atoms with Gasteiger partial charge in [0.15, 0.2) is 5.75 Å². The molecule has 0 fully saturated rings. The minimum Gasteiger partial charge on any atom is -0.493 e. The lowest BCUT2D eigenvalue weighted by atomic mass is 10.1. The number of thiophene rings is 1. The van der Waals surface area contributed by atoms with Crippen LogP contribution in [0.15, 0.2) is 36.5 Å². The van der Waals surface area contributed by atoms with Gasteiger partial charge in [-0.25, -0.2) is 0 Å². The summed E-state index contributed by atoms with van der Waals surface area (Å²) in [7, 11) is 1.56. The highest BCUT2D eigenvalue weighted by molar-refractivity contribution is 7.19. The first-order valence-corrected chi connectivity index (χ1v) is 10.6. The number of ether oxygens (including phenoxy) is 1. The number of anilines is 2. The van der Waals surface area contributed by atoms with Crippen molar-refractivity contribution in [2.75, 3.05) is 19.0 Å². The zero-order valence-corrected chi connectivity index (χ0v) is 17.9. The van der Waals surface area contributed by atoms with Crippen LogP contribution in [-0.2, 0) is 6.54 Å². The standard InChI is InChI=1S/C21H18ClN5O2S/c1-11-10-15-20(30-11)12(6-7-23-15)16-17(18-21(28)24-8-9-27(18)26-16)25-14-5-3-4-13(22)19(14)29-2/h3-7,10,25H,8-9H2,1-2H3,(H,24,28). The van der Waals surface area contributed by atoms with Crippen molar-refractivity contribution in [1.29, 1.82) is 0 Å². The SMILES string of the molecule is COc1c(Cl)cccc1Nc1c(-c2ccnc3cc(C)sc23)nn2c1C(=O)NCC2. The summed E-state index contributed by atoms with van der Waals surface area (Å²) >= 11 is 7.97. The predicted octanol–water partition coefficient (Wildman–Crippen LogP) is 4.62. The van der Waals surface area contributed by atoms with Gasteiger partial charge in [-0.15, -0.1) is 11.3 Å². The van der Waals surface area contributed by atoms with Crippen LogP contribution in [0.5, 0.6) is 5.75 Å². The third-order valence-electron chi connectivity index (χ3n) is 5.00. The Morgan fingerprint density at radius 2 is 2.20 bits per heavy atom. The Morgan fingerprint density at radius 1 is 1.33 bits per heavy atom. The minimum atomic E-state index is -0.170. The Bertz CT molecular complexity index is 1300. The van der Waals surface area contributed by atoms with E-state index < -0.39 is 0 Å². The molecule has 0 spiro atoms. The van der Waals surface area contributed by atoms with Crippen LogP contribution in [0.1, 0.15) is 15.4 Å². The zero-order chi connectivity index (χ0) is 20.8. The number of nitrogens with zero attached hydrogens (tertiary/aromatic N) is 3. The number of fused-ring (bicyclic) bond motifs is 2. The fraction of sp³-hybridized carbons (Fsp3) is 0.190. The van der Waals surface area contributed by atoms with E-state index in [1.54, 1.807) is 35.4 Å². The summed E-state index contributed by atoms with van der Waals surface area (Å²) in [6.45, 7) is 3.19. The topological polar surface area (TPSA) is 81.1 Å². The molecule has 3 aromatic heterocycles. The number of hydrogen-bond donors (Lipinski definition) is 2. The van der Waals surface area contributed by atoms with Crippen molar-refractivity contribution in [3.63, 3.8) is 0 Å². The normalized spacial score (nSPS) is 13.2. The van der Waals surface area contributed by atoms with Crippen LogP contribution in [0.4, 0.5) is 11.4 Å². The Hall–Kier alpha value is -3.10. The van der Waals surface area contributed by atoms with E-state index >= 15 is 0 Å². The molecule has 4 heterocycles. The van der Waals surface area contributed by atoms with Crippen molar-refractivity contribution in [1.82, 2.24) is 20.1 Å². The summed E-state index contributed by atoms with van der Waals surface area (Å²) in [6, 6.07) is 9.44. The van der Waals surface area contributed by atoms with Gasteiger partial charge in [0.2, 0.25) is 0 Å². The summed E-state index contributed by atoms with van der Waals surface area (Å²) in [5, 5.41) is 11.6. The second-order valence-corrected chi connectivity index (χ2v) is 8.59. The molecule has 1 aliphatic rings. The van der Waals surface area contributed by atoms with Crippen LogP contribution in [0.2, 0.25) is 5.02 Å². The summed E-state index contributed by atoms with van der Waals surface area (Å²) in [6.07, 6.45) is 1.77. The van der Waals surface area contributed by atoms with Gasteiger partial charge in [-0.05, 0) is 31.2 Å². The number of carbonyl (C=O) groups excluding carboxylic acids is 1. The molecule has 152 valence electrons. The summed E-state index contributed by atoms with van der Waals surface area (Å²) < 4.78 is 8.27. The molecule has 4 aromatic rings. The second-order valence-electron chi connectivity index (χ2n) is 6.93. The maximum Gasteiger partial charge on any atom is 0.271 e. The van der Waals surface area contributed by atoms with Crippen molar-refractivity contribution in [3.8, 4) is 17.0 Å². The van der Waals surface area contributed by atoms with Gasteiger partial charge in [0.1, 0.15) is 11.4 Å². The fourth-order valence-electron chi connectivity index (χ4n) is 3.71. The molecule has 0 saturated carbocycles. The highest BCUT2D eigenvalue weighted by Crippen LogP contribution is 2.42. The van der Waals surface area contributed by atoms with Crippen LogP contribution in [0.3, 0.4) is 0 Å². The number of halogens is 1. The van der Waals surface area contributed by atoms with Crippen LogP contribution in [-0.4, -0.2) is 34.3 Å². The van der Waals surface area contributed by atoms with Crippen molar-refractivity contribution >= 4 is 50.4 Å². The Kier molecular flexibility index (Phi) is 4.60. The van der Waals surface area contributed by atoms with Crippen molar-refractivity contribution in [3.05, 3.63) is 52.1 Å². The van der Waals surface area contributed by atoms with Gasteiger partial charge in [-0.2, -0.15) is 5.10 Å². The first-order chi connectivity index (χ1) is 14.6. The third-order valence-corrected chi connectivity index (χ3v) is 6.37. The molecule has 0 radical (unpaired) electrons. The molecular weight excluding hydrogens is 422 g/mol. The molecule has 0 saturated heterocycles. The number of carbonyl (C=O) groups is 1. The molecule has 0 bridgehead atoms. The average molecular weight is 440 g/mol. The molecule has 1 aromatic carbocycles. The van der Waals surface area contributed by atoms with Crippen molar-refractivity contribution < 1.29 is 9.53 Å². The number of aromatic nitrogens is 3. The van der Waals surface area contributed by atoms with E-state index in [0.29, 0.717) is 46.6 Å². The molecule has 7 nitrogen and oxygen atoms in total. The molecule has 30 heavy (non-hydrogen) atoms. The number of amides is 1. The predicted molar refractivity (Wildman–Crippen MR) is 119 cm³/mol. The van der Waals surface area contributed by atoms with Crippen LogP contribution < -0.4 is 15.4 Å². The Labute approximate surface area is 181 Å². The number of methoxy groups -OCH3 is 1. The molecule has 9 heteroatoms. The molecule has 0 atom stereocenters. The lowest BCUT2D eigenvalue weighted by Gasteiger charge is -2.17. The fourth-order valence-corrected chi connectivity index (χ4v) is 4.95. The van der Waals surface area contributed by atoms with E-state index in [-0.39, 0.29) is 5.91 Å². The van der Waals surface area contributed by atoms with Gasteiger partial charge in [0, 0.05) is 23.2 Å². The largest absolute Gasteiger partial charge is 0.493 e. The van der Waals surface area contributed by atoms with Crippen molar-refractivity contribution in [2.45, 2.75) is 13.5 Å². The number of benzene rings is 1. The van der Waals surface area contributed by atoms with E-state index in [4.69, 9.17) is 21.4 Å². The highest BCUT2D eigenvalue weighted by atomic mass is 35.5. The van der Waals surface area contributed by atoms with E-state index in [1.165, 1.54) is 0 Å². The summed E-state index contributed by atoms with van der Waals surface area (Å²) in [5.41, 5.74) is 4.29. The van der Waals surface area contributed by atoms with Gasteiger partial charge in [-0.1, -0.05) is 17.7 Å². The molecule has 2 N–H and O–H groups in total. The monoisotopic (exact) mass is 439 g/mol. The Balaban J connectivity index is 1.75. The van der Waals surface area contributed by atoms with Crippen molar-refractivity contribution in [2.24, 2.45) is 0 Å². The first kappa shape index (κ1) is 18.9.